The molecule has 0 bridgehead atoms. The van der Waals surface area contributed by atoms with Crippen LogP contribution in [0.2, 0.25) is 0 Å². The molecule has 8 N–H and O–H groups in total. The normalized spacial score (nSPS) is 13.4. The first-order valence-electron chi connectivity index (χ1n) is 45.5. The summed E-state index contributed by atoms with van der Waals surface area (Å²) in [5, 5.41) is 80.6. The average Bonchev–Trinajstić information content (AvgIpc) is 1.57. The first kappa shape index (κ1) is 98.6. The number of imidazole rings is 2. The third-order valence-corrected chi connectivity index (χ3v) is 26.5. The van der Waals surface area contributed by atoms with Crippen LogP contribution in [0.15, 0.2) is 259 Å². The van der Waals surface area contributed by atoms with Gasteiger partial charge in [-0.25, -0.2) is 15.0 Å². The number of aliphatic carboxylic acids is 4. The lowest BCUT2D eigenvalue weighted by Crippen LogP contribution is -2.32. The van der Waals surface area contributed by atoms with Gasteiger partial charge in [-0.15, -0.1) is 0 Å². The van der Waals surface area contributed by atoms with Gasteiger partial charge in [-0.3, -0.25) is 24.2 Å². The van der Waals surface area contributed by atoms with Crippen LogP contribution in [-0.2, 0) is 44.9 Å². The average molecular weight is 1820 g/mol. The lowest BCUT2D eigenvalue weighted by Gasteiger charge is -2.21. The zero-order chi connectivity index (χ0) is 97.2. The largest absolute Gasteiger partial charge is 0.481 e. The fourth-order valence-electron chi connectivity index (χ4n) is 16.2. The number of hydrogen-bond acceptors (Lipinski definition) is 15. The van der Waals surface area contributed by atoms with Crippen LogP contribution in [-0.4, -0.2) is 125 Å². The van der Waals surface area contributed by atoms with Crippen LogP contribution in [0.3, 0.4) is 0 Å². The summed E-state index contributed by atoms with van der Waals surface area (Å²) in [6.45, 7) is 21.6. The number of pyridine rings is 1. The lowest BCUT2D eigenvalue weighted by atomic mass is 9.84. The maximum atomic E-state index is 11.5. The first-order valence-corrected chi connectivity index (χ1v) is 45.5. The quantitative estimate of drug-likeness (QED) is 0.0182. The molecule has 136 heavy (non-hydrogen) atoms. The molecule has 0 fully saturated rings. The molecule has 0 aliphatic carbocycles. The van der Waals surface area contributed by atoms with Crippen molar-refractivity contribution in [1.29, 1.82) is 0 Å². The first-order chi connectivity index (χ1) is 65.2. The Morgan fingerprint density at radius 1 is 0.346 bits per heavy atom. The minimum atomic E-state index is -1.13. The zero-order valence-corrected chi connectivity index (χ0v) is 78.9. The second-order valence-electron chi connectivity index (χ2n) is 36.5. The second kappa shape index (κ2) is 43.9. The van der Waals surface area contributed by atoms with Crippen LogP contribution in [0.4, 0.5) is 0 Å². The molecular formula is C115H117N7O14. The molecule has 21 nitrogen and oxygen atoms in total. The van der Waals surface area contributed by atoms with E-state index >= 15 is 0 Å². The Balaban J connectivity index is 0.000000153. The molecule has 696 valence electrons. The summed E-state index contributed by atoms with van der Waals surface area (Å²) in [7, 11) is 0. The Hall–Kier alpha value is -14.9. The van der Waals surface area contributed by atoms with Crippen LogP contribution in [0, 0.1) is 77.0 Å². The van der Waals surface area contributed by atoms with Crippen LogP contribution in [0.25, 0.3) is 127 Å². The molecule has 0 saturated heterocycles. The van der Waals surface area contributed by atoms with Crippen LogP contribution in [0.5, 0.6) is 0 Å². The number of oxazole rings is 1. The maximum absolute atomic E-state index is 11.5. The van der Waals surface area contributed by atoms with Gasteiger partial charge in [0.1, 0.15) is 11.2 Å². The number of aryl methyl sites for hydroxylation is 8. The predicted octanol–water partition coefficient (Wildman–Crippen LogP) is 23.6. The highest BCUT2D eigenvalue weighted by Gasteiger charge is 2.35. The molecule has 0 amide bonds. The molecule has 0 aliphatic rings. The summed E-state index contributed by atoms with van der Waals surface area (Å²) >= 11 is 0. The Bertz CT molecular complexity index is 6320. The number of carboxylic acids is 4. The van der Waals surface area contributed by atoms with E-state index in [0.29, 0.717) is 51.4 Å². The number of aliphatic hydroxyl groups excluding tert-OH is 4. The number of carboxylic acid groups (broad SMARTS) is 4. The molecule has 21 heteroatoms. The van der Waals surface area contributed by atoms with Crippen LogP contribution >= 0.6 is 0 Å². The van der Waals surface area contributed by atoms with Crippen molar-refractivity contribution in [3.63, 3.8) is 0 Å². The van der Waals surface area contributed by atoms with E-state index < -0.39 is 45.5 Å². The number of benzene rings is 10. The van der Waals surface area contributed by atoms with Crippen molar-refractivity contribution in [3.05, 3.63) is 361 Å². The summed E-state index contributed by atoms with van der Waals surface area (Å²) in [6, 6.07) is 66.1. The zero-order valence-electron chi connectivity index (χ0n) is 78.9. The Morgan fingerprint density at radius 2 is 0.691 bits per heavy atom. The van der Waals surface area contributed by atoms with E-state index in [9.17, 15) is 60.0 Å². The smallest absolute Gasteiger partial charge is 0.311 e. The van der Waals surface area contributed by atoms with Gasteiger partial charge in [0.15, 0.2) is 23.2 Å². The van der Waals surface area contributed by atoms with Crippen molar-refractivity contribution in [2.75, 3.05) is 26.4 Å². The van der Waals surface area contributed by atoms with E-state index in [2.05, 4.69) is 269 Å². The van der Waals surface area contributed by atoms with Gasteiger partial charge in [-0.2, -0.15) is 0 Å². The van der Waals surface area contributed by atoms with Gasteiger partial charge >= 0.3 is 23.9 Å². The second-order valence-corrected chi connectivity index (χ2v) is 36.5. The summed E-state index contributed by atoms with van der Waals surface area (Å²) in [4.78, 5) is 63.3. The highest BCUT2D eigenvalue weighted by atomic mass is 16.5. The summed E-state index contributed by atoms with van der Waals surface area (Å²) < 4.78 is 14.8. The number of aromatic nitrogens is 7. The summed E-state index contributed by atoms with van der Waals surface area (Å²) in [5.74, 6) is -3.89. The van der Waals surface area contributed by atoms with Gasteiger partial charge < -0.3 is 58.6 Å². The molecule has 0 radical (unpaired) electrons. The number of fused-ring (bicyclic) bond motifs is 4. The van der Waals surface area contributed by atoms with Crippen molar-refractivity contribution in [2.45, 2.75) is 134 Å². The van der Waals surface area contributed by atoms with E-state index in [0.717, 1.165) is 167 Å². The molecule has 4 atom stereocenters. The SMILES string of the molecule is Cc1ccc(CC[C@@](C)(CO)C(=O)O)cc1/C=C/c1cccc(-c2ccc3cnoc3c2)c1C.Cc1ccc(CC[C@@](C)(CO)C(=O)O)cc1/C=C/c1cccc(-c2ccc3nccn3c2)c1C.Cc1ccc(CC[C@@](C)(CO)C(=O)O)cc1/C=C/c1cccc(-c2ccc3ncoc3c2)c1C.Cc1ccc(CC[C@@](C)(CO)C(=O)O)cc1/C=C/c1cccc(-c2cn3ccnc3cn2)c1C. The number of hydrogen-bond donors (Lipinski definition) is 8. The monoisotopic (exact) mass is 1820 g/mol. The summed E-state index contributed by atoms with van der Waals surface area (Å²) in [5.41, 5.74) is 30.7. The molecule has 16 aromatic rings. The number of aliphatic hydroxyl groups is 4. The predicted molar refractivity (Wildman–Crippen MR) is 542 cm³/mol. The topological polar surface area (TPSA) is 330 Å². The molecule has 10 aromatic carbocycles. The lowest BCUT2D eigenvalue weighted by molar-refractivity contribution is -0.151. The Kier molecular flexibility index (Phi) is 31.8. The molecule has 0 spiro atoms. The molecule has 6 aromatic heterocycles. The van der Waals surface area contributed by atoms with E-state index in [-0.39, 0.29) is 26.4 Å². The molecule has 0 aliphatic heterocycles. The van der Waals surface area contributed by atoms with Crippen molar-refractivity contribution < 1.29 is 69.0 Å². The van der Waals surface area contributed by atoms with Crippen LogP contribution in [0.1, 0.15) is 165 Å². The summed E-state index contributed by atoms with van der Waals surface area (Å²) in [6.07, 6.45) is 37.2. The van der Waals surface area contributed by atoms with Gasteiger partial charge in [-0.1, -0.05) is 211 Å². The van der Waals surface area contributed by atoms with Gasteiger partial charge in [0, 0.05) is 48.1 Å². The number of carbonyl (C=O) groups is 4. The van der Waals surface area contributed by atoms with Gasteiger partial charge in [0.2, 0.25) is 0 Å². The molecular weight excluding hydrogens is 1700 g/mol. The van der Waals surface area contributed by atoms with Crippen molar-refractivity contribution in [3.8, 4) is 44.6 Å². The van der Waals surface area contributed by atoms with Crippen molar-refractivity contribution in [1.82, 2.24) is 33.9 Å². The van der Waals surface area contributed by atoms with Gasteiger partial charge in [-0.05, 0) is 315 Å². The van der Waals surface area contributed by atoms with Crippen LogP contribution < -0.4 is 0 Å². The van der Waals surface area contributed by atoms with Crippen molar-refractivity contribution >= 4 is 106 Å². The van der Waals surface area contributed by atoms with E-state index in [4.69, 9.17) is 8.94 Å². The fraction of sp³-hybridized carbons (Fsp3) is 0.243. The molecule has 0 unspecified atom stereocenters. The Labute approximate surface area is 792 Å². The fourth-order valence-corrected chi connectivity index (χ4v) is 16.2. The highest BCUT2D eigenvalue weighted by Crippen LogP contribution is 2.37. The minimum Gasteiger partial charge on any atom is -0.481 e. The van der Waals surface area contributed by atoms with E-state index in [1.54, 1.807) is 52.5 Å². The maximum Gasteiger partial charge on any atom is 0.311 e. The third-order valence-electron chi connectivity index (χ3n) is 26.5. The minimum absolute atomic E-state index is 0.371. The standard InChI is InChI=1S/C29H30N2O3.2C29H29NO4.C28H29N3O3/c1-20-7-8-22(13-14-29(3,19-32)28(33)34)17-24(20)10-9-23-5-4-6-26(21(23)2)25-11-12-27-30-15-16-31(27)18-25;1-19-7-8-21(13-14-29(3,18-31)28(32)33)15-23(19)10-9-22-5-4-6-26(20(22)2)24-11-12-25-17-30-34-27(25)16-24;1-19-7-8-21(13-14-29(3,17-31)28(32)33)15-23(19)10-9-22-5-4-6-25(20(22)2)24-11-12-26-27(16-24)34-18-30-26;1-19-7-8-21(11-12-28(3,18-32)27(33)34)15-23(19)10-9-22-5-4-6-24(20(22)2)25-17-31-14-13-29-26(31)16-30-25/h4-12,15-18,32H,13-14,19H2,1-3H3,(H,33,34);4-12,15-17,31H,13-14,18H2,1-3H3,(H,32,33);4-12,15-16,18,31H,13-14,17H2,1-3H3,(H,32,33);4-10,13-17,32H,11-12,18H2,1-3H3,(H,33,34)/b4*10-9+/t3*29-;28-/m0000/s1. The molecule has 6 heterocycles. The highest BCUT2D eigenvalue weighted by molar-refractivity contribution is 5.88. The molecule has 16 rings (SSSR count). The Morgan fingerprint density at radius 3 is 1.09 bits per heavy atom. The van der Waals surface area contributed by atoms with Gasteiger partial charge in [0.05, 0.1) is 66.2 Å². The van der Waals surface area contributed by atoms with Crippen molar-refractivity contribution in [2.24, 2.45) is 21.7 Å². The van der Waals surface area contributed by atoms with E-state index in [1.807, 2.05) is 88.1 Å². The van der Waals surface area contributed by atoms with E-state index in [1.165, 1.54) is 28.6 Å². The number of rotatable bonds is 32. The number of nitrogens with zero attached hydrogens (tertiary/aromatic N) is 7. The van der Waals surface area contributed by atoms with Gasteiger partial charge in [0.25, 0.3) is 0 Å². The molecule has 0 saturated carbocycles. The third kappa shape index (κ3) is 23.6.